The molecule has 1 aromatic carbocycles. The van der Waals surface area contributed by atoms with Crippen molar-refractivity contribution in [2.24, 2.45) is 5.92 Å². The van der Waals surface area contributed by atoms with Crippen molar-refractivity contribution in [3.8, 4) is 5.75 Å². The third-order valence-corrected chi connectivity index (χ3v) is 2.83. The van der Waals surface area contributed by atoms with Gasteiger partial charge < -0.3 is 10.0 Å². The van der Waals surface area contributed by atoms with E-state index >= 15 is 0 Å². The smallest absolute Gasteiger partial charge is 0.116 e. The van der Waals surface area contributed by atoms with Gasteiger partial charge in [0.15, 0.2) is 0 Å². The van der Waals surface area contributed by atoms with Crippen molar-refractivity contribution >= 4 is 18.0 Å². The molecule has 1 unspecified atom stereocenters. The SMILES string of the molecule is CC(C)=C(c1cccc(O)c1)C(C)CN(C)C.Cl. The molecule has 102 valence electrons. The van der Waals surface area contributed by atoms with E-state index in [1.807, 2.05) is 12.1 Å². The highest BCUT2D eigenvalue weighted by Gasteiger charge is 2.13. The van der Waals surface area contributed by atoms with Crippen molar-refractivity contribution < 1.29 is 5.11 Å². The molecule has 0 bridgehead atoms. The minimum absolute atomic E-state index is 0. The van der Waals surface area contributed by atoms with Crippen molar-refractivity contribution in [1.29, 1.82) is 0 Å². The van der Waals surface area contributed by atoms with Gasteiger partial charge in [-0.3, -0.25) is 0 Å². The van der Waals surface area contributed by atoms with Crippen LogP contribution in [0, 0.1) is 5.92 Å². The van der Waals surface area contributed by atoms with Gasteiger partial charge in [0, 0.05) is 6.54 Å². The molecule has 1 N–H and O–H groups in total. The molecule has 0 heterocycles. The van der Waals surface area contributed by atoms with Gasteiger partial charge in [-0.05, 0) is 57.1 Å². The van der Waals surface area contributed by atoms with Crippen LogP contribution in [0.4, 0.5) is 0 Å². The molecule has 0 amide bonds. The predicted molar refractivity (Wildman–Crippen MR) is 81.3 cm³/mol. The maximum Gasteiger partial charge on any atom is 0.116 e. The number of aromatic hydroxyl groups is 1. The number of allylic oxidation sites excluding steroid dienone is 1. The number of benzene rings is 1. The summed E-state index contributed by atoms with van der Waals surface area (Å²) < 4.78 is 0. The second kappa shape index (κ2) is 7.45. The zero-order chi connectivity index (χ0) is 13.0. The zero-order valence-corrected chi connectivity index (χ0v) is 12.7. The molecule has 0 aromatic heterocycles. The Morgan fingerprint density at radius 1 is 1.28 bits per heavy atom. The van der Waals surface area contributed by atoms with Crippen LogP contribution in [0.25, 0.3) is 5.57 Å². The summed E-state index contributed by atoms with van der Waals surface area (Å²) in [6.45, 7) is 7.50. The molecule has 0 aliphatic carbocycles. The van der Waals surface area contributed by atoms with Gasteiger partial charge in [0.25, 0.3) is 0 Å². The summed E-state index contributed by atoms with van der Waals surface area (Å²) in [7, 11) is 4.17. The van der Waals surface area contributed by atoms with Gasteiger partial charge in [-0.1, -0.05) is 24.6 Å². The minimum atomic E-state index is 0. The molecular formula is C15H24ClNO. The van der Waals surface area contributed by atoms with Gasteiger partial charge in [0.2, 0.25) is 0 Å². The second-order valence-corrected chi connectivity index (χ2v) is 5.13. The molecular weight excluding hydrogens is 246 g/mol. The summed E-state index contributed by atoms with van der Waals surface area (Å²) in [5.41, 5.74) is 3.76. The number of halogens is 1. The molecule has 0 saturated carbocycles. The van der Waals surface area contributed by atoms with Crippen LogP contribution >= 0.6 is 12.4 Å². The van der Waals surface area contributed by atoms with E-state index in [9.17, 15) is 5.11 Å². The fourth-order valence-electron chi connectivity index (χ4n) is 2.38. The first-order chi connectivity index (χ1) is 7.91. The maximum absolute atomic E-state index is 9.57. The van der Waals surface area contributed by atoms with Crippen LogP contribution in [0.2, 0.25) is 0 Å². The molecule has 0 fully saturated rings. The third-order valence-electron chi connectivity index (χ3n) is 2.83. The molecule has 18 heavy (non-hydrogen) atoms. The first-order valence-electron chi connectivity index (χ1n) is 6.03. The minimum Gasteiger partial charge on any atom is -0.508 e. The number of phenols is 1. The largest absolute Gasteiger partial charge is 0.508 e. The van der Waals surface area contributed by atoms with Gasteiger partial charge in [-0.15, -0.1) is 12.4 Å². The van der Waals surface area contributed by atoms with Crippen LogP contribution < -0.4 is 0 Å². The maximum atomic E-state index is 9.57. The zero-order valence-electron chi connectivity index (χ0n) is 11.9. The molecule has 0 radical (unpaired) electrons. The molecule has 1 aromatic rings. The Kier molecular flexibility index (Phi) is 7.04. The van der Waals surface area contributed by atoms with Gasteiger partial charge in [0.1, 0.15) is 5.75 Å². The van der Waals surface area contributed by atoms with E-state index in [1.165, 1.54) is 11.1 Å². The van der Waals surface area contributed by atoms with Crippen LogP contribution in [0.1, 0.15) is 26.3 Å². The van der Waals surface area contributed by atoms with Crippen LogP contribution in [-0.4, -0.2) is 30.6 Å². The summed E-state index contributed by atoms with van der Waals surface area (Å²) in [4.78, 5) is 2.19. The van der Waals surface area contributed by atoms with Crippen LogP contribution in [0.5, 0.6) is 5.75 Å². The molecule has 0 saturated heterocycles. The summed E-state index contributed by atoms with van der Waals surface area (Å²) in [5.74, 6) is 0.787. The predicted octanol–water partition coefficient (Wildman–Crippen LogP) is 3.81. The number of phenolic OH excluding ortho intramolecular Hbond substituents is 1. The molecule has 2 nitrogen and oxygen atoms in total. The van der Waals surface area contributed by atoms with E-state index in [0.717, 1.165) is 12.1 Å². The monoisotopic (exact) mass is 269 g/mol. The first kappa shape index (κ1) is 17.0. The number of hydrogen-bond donors (Lipinski definition) is 1. The Hall–Kier alpha value is -0.990. The highest BCUT2D eigenvalue weighted by atomic mass is 35.5. The lowest BCUT2D eigenvalue weighted by Gasteiger charge is -2.22. The van der Waals surface area contributed by atoms with Crippen LogP contribution in [-0.2, 0) is 0 Å². The highest BCUT2D eigenvalue weighted by Crippen LogP contribution is 2.29. The highest BCUT2D eigenvalue weighted by molar-refractivity contribution is 5.85. The van der Waals surface area contributed by atoms with Crippen molar-refractivity contribution in [3.05, 3.63) is 35.4 Å². The lowest BCUT2D eigenvalue weighted by molar-refractivity contribution is 0.375. The Labute approximate surface area is 117 Å². The summed E-state index contributed by atoms with van der Waals surface area (Å²) in [6.07, 6.45) is 0. The summed E-state index contributed by atoms with van der Waals surface area (Å²) in [6, 6.07) is 7.52. The van der Waals surface area contributed by atoms with Crippen molar-refractivity contribution in [3.63, 3.8) is 0 Å². The van der Waals surface area contributed by atoms with Crippen LogP contribution in [0.15, 0.2) is 29.8 Å². The molecule has 0 aliphatic heterocycles. The molecule has 1 atom stereocenters. The number of rotatable bonds is 4. The van der Waals surface area contributed by atoms with E-state index in [-0.39, 0.29) is 12.4 Å². The Morgan fingerprint density at radius 2 is 1.89 bits per heavy atom. The number of nitrogens with zero attached hydrogens (tertiary/aromatic N) is 1. The Balaban J connectivity index is 0.00000289. The van der Waals surface area contributed by atoms with E-state index in [2.05, 4.69) is 45.8 Å². The standard InChI is InChI=1S/C15H23NO.ClH/c1-11(2)15(12(3)10-16(4)5)13-7-6-8-14(17)9-13;/h6-9,12,17H,10H2,1-5H3;1H. The molecule has 1 rings (SSSR count). The fourth-order valence-corrected chi connectivity index (χ4v) is 2.38. The molecule has 0 aliphatic rings. The molecule has 3 heteroatoms. The molecule has 0 spiro atoms. The van der Waals surface area contributed by atoms with Gasteiger partial charge in [-0.2, -0.15) is 0 Å². The Morgan fingerprint density at radius 3 is 2.33 bits per heavy atom. The van der Waals surface area contributed by atoms with Gasteiger partial charge in [0.05, 0.1) is 0 Å². The normalized spacial score (nSPS) is 11.9. The van der Waals surface area contributed by atoms with E-state index in [4.69, 9.17) is 0 Å². The fraction of sp³-hybridized carbons (Fsp3) is 0.467. The van der Waals surface area contributed by atoms with Crippen molar-refractivity contribution in [1.82, 2.24) is 4.90 Å². The van der Waals surface area contributed by atoms with E-state index in [1.54, 1.807) is 6.07 Å². The number of hydrogen-bond acceptors (Lipinski definition) is 2. The average molecular weight is 270 g/mol. The average Bonchev–Trinajstić information content (AvgIpc) is 2.15. The van der Waals surface area contributed by atoms with Gasteiger partial charge >= 0.3 is 0 Å². The van der Waals surface area contributed by atoms with E-state index in [0.29, 0.717) is 11.7 Å². The first-order valence-corrected chi connectivity index (χ1v) is 6.03. The quantitative estimate of drug-likeness (QED) is 0.899. The topological polar surface area (TPSA) is 23.5 Å². The lowest BCUT2D eigenvalue weighted by Crippen LogP contribution is -2.21. The van der Waals surface area contributed by atoms with Crippen LogP contribution in [0.3, 0.4) is 0 Å². The second-order valence-electron chi connectivity index (χ2n) is 5.13. The summed E-state index contributed by atoms with van der Waals surface area (Å²) >= 11 is 0. The van der Waals surface area contributed by atoms with Crippen molar-refractivity contribution in [2.75, 3.05) is 20.6 Å². The Bertz CT molecular complexity index is 409. The third kappa shape index (κ3) is 4.71. The summed E-state index contributed by atoms with van der Waals surface area (Å²) in [5, 5.41) is 9.57. The van der Waals surface area contributed by atoms with E-state index < -0.39 is 0 Å². The van der Waals surface area contributed by atoms with Crippen molar-refractivity contribution in [2.45, 2.75) is 20.8 Å². The lowest BCUT2D eigenvalue weighted by atomic mass is 9.90. The van der Waals surface area contributed by atoms with Gasteiger partial charge in [-0.25, -0.2) is 0 Å².